The Morgan fingerprint density at radius 2 is 1.65 bits per heavy atom. The third-order valence-electron chi connectivity index (χ3n) is 5.01. The second kappa shape index (κ2) is 8.39. The summed E-state index contributed by atoms with van der Waals surface area (Å²) in [6, 6.07) is 7.51. The Morgan fingerprint density at radius 1 is 0.962 bits per heavy atom. The van der Waals surface area contributed by atoms with E-state index in [0.29, 0.717) is 24.4 Å². The molecule has 0 aromatic heterocycles. The Labute approximate surface area is 155 Å². The molecular weight excluding hydrogens is 328 g/mol. The molecule has 1 aromatic rings. The number of piperidine rings is 1. The summed E-state index contributed by atoms with van der Waals surface area (Å²) in [5.74, 6) is 0.485. The summed E-state index contributed by atoms with van der Waals surface area (Å²) in [6.45, 7) is 6.79. The normalized spacial score (nSPS) is 18.1. The molecule has 0 spiro atoms. The molecule has 0 unspecified atom stereocenters. The number of hydrogen-bond acceptors (Lipinski definition) is 4. The van der Waals surface area contributed by atoms with Crippen molar-refractivity contribution in [2.45, 2.75) is 46.0 Å². The molecule has 0 N–H and O–H groups in total. The van der Waals surface area contributed by atoms with E-state index in [1.54, 1.807) is 0 Å². The fourth-order valence-electron chi connectivity index (χ4n) is 3.64. The highest BCUT2D eigenvalue weighted by Gasteiger charge is 2.41. The molecule has 1 fully saturated rings. The lowest BCUT2D eigenvalue weighted by atomic mass is 10.0. The average Bonchev–Trinajstić information content (AvgIpc) is 2.92. The number of carbonyl (C=O) groups is 2. The molecule has 0 bridgehead atoms. The van der Waals surface area contributed by atoms with E-state index in [1.807, 2.05) is 31.2 Å². The fourth-order valence-corrected chi connectivity index (χ4v) is 3.64. The summed E-state index contributed by atoms with van der Waals surface area (Å²) in [6.07, 6.45) is 5.10. The molecule has 2 amide bonds. The predicted octanol–water partition coefficient (Wildman–Crippen LogP) is 3.45. The maximum Gasteiger partial charge on any atom is 0.277 e. The van der Waals surface area contributed by atoms with Crippen LogP contribution in [0.1, 0.15) is 51.5 Å². The molecule has 2 heterocycles. The van der Waals surface area contributed by atoms with Crippen LogP contribution in [0.5, 0.6) is 5.75 Å². The zero-order valence-electron chi connectivity index (χ0n) is 15.8. The van der Waals surface area contributed by atoms with Crippen LogP contribution in [0, 0.1) is 0 Å². The topological polar surface area (TPSA) is 49.9 Å². The van der Waals surface area contributed by atoms with Gasteiger partial charge in [0.25, 0.3) is 11.8 Å². The largest absolute Gasteiger partial charge is 0.494 e. The van der Waals surface area contributed by atoms with Gasteiger partial charge in [0, 0.05) is 19.6 Å². The molecule has 1 saturated heterocycles. The number of likely N-dealkylation sites (tertiary alicyclic amines) is 1. The van der Waals surface area contributed by atoms with E-state index < -0.39 is 0 Å². The summed E-state index contributed by atoms with van der Waals surface area (Å²) in [5, 5.41) is 0. The lowest BCUT2D eigenvalue weighted by Crippen LogP contribution is -2.37. The third kappa shape index (κ3) is 3.62. The molecule has 0 aliphatic carbocycles. The average molecular weight is 356 g/mol. The van der Waals surface area contributed by atoms with Crippen molar-refractivity contribution >= 4 is 17.4 Å². The van der Waals surface area contributed by atoms with Crippen LogP contribution in [0.2, 0.25) is 0 Å². The van der Waals surface area contributed by atoms with E-state index in [1.165, 1.54) is 11.3 Å². The lowest BCUT2D eigenvalue weighted by molar-refractivity contribution is -0.137. The van der Waals surface area contributed by atoms with Gasteiger partial charge >= 0.3 is 0 Å². The molecule has 0 atom stereocenters. The number of rotatable bonds is 7. The molecular formula is C21H28N2O3. The first-order valence-corrected chi connectivity index (χ1v) is 9.76. The Balaban J connectivity index is 1.97. The van der Waals surface area contributed by atoms with E-state index >= 15 is 0 Å². The first-order valence-electron chi connectivity index (χ1n) is 9.76. The predicted molar refractivity (Wildman–Crippen MR) is 102 cm³/mol. The van der Waals surface area contributed by atoms with Crippen LogP contribution in [0.3, 0.4) is 0 Å². The number of carbonyl (C=O) groups excluding carboxylic acids is 2. The van der Waals surface area contributed by atoms with E-state index in [2.05, 4.69) is 11.8 Å². The first-order chi connectivity index (χ1) is 12.7. The van der Waals surface area contributed by atoms with E-state index in [-0.39, 0.29) is 11.8 Å². The van der Waals surface area contributed by atoms with Crippen LogP contribution in [0.25, 0.3) is 5.57 Å². The molecule has 2 aliphatic heterocycles. The number of amides is 2. The van der Waals surface area contributed by atoms with Gasteiger partial charge in [-0.1, -0.05) is 25.5 Å². The molecule has 0 radical (unpaired) electrons. The van der Waals surface area contributed by atoms with Gasteiger partial charge < -0.3 is 9.64 Å². The minimum Gasteiger partial charge on any atom is -0.494 e. The summed E-state index contributed by atoms with van der Waals surface area (Å²) >= 11 is 0. The molecule has 2 aliphatic rings. The number of nitrogens with zero attached hydrogens (tertiary/aromatic N) is 2. The number of ether oxygens (including phenoxy) is 1. The van der Waals surface area contributed by atoms with Gasteiger partial charge in [-0.2, -0.15) is 0 Å². The van der Waals surface area contributed by atoms with Crippen molar-refractivity contribution in [3.05, 3.63) is 35.5 Å². The Hall–Kier alpha value is -2.30. The maximum absolute atomic E-state index is 13.1. The lowest BCUT2D eigenvalue weighted by Gasteiger charge is -2.29. The van der Waals surface area contributed by atoms with Crippen molar-refractivity contribution < 1.29 is 14.3 Å². The summed E-state index contributed by atoms with van der Waals surface area (Å²) < 4.78 is 5.50. The van der Waals surface area contributed by atoms with Crippen LogP contribution in [-0.4, -0.2) is 47.9 Å². The fraction of sp³-hybridized carbons (Fsp3) is 0.524. The van der Waals surface area contributed by atoms with Gasteiger partial charge in [-0.3, -0.25) is 14.5 Å². The summed E-state index contributed by atoms with van der Waals surface area (Å²) in [5.41, 5.74) is 1.94. The van der Waals surface area contributed by atoms with E-state index in [9.17, 15) is 9.59 Å². The highest BCUT2D eigenvalue weighted by Crippen LogP contribution is 2.33. The van der Waals surface area contributed by atoms with Crippen LogP contribution >= 0.6 is 0 Å². The van der Waals surface area contributed by atoms with Gasteiger partial charge in [0.05, 0.1) is 12.2 Å². The molecule has 0 saturated carbocycles. The van der Waals surface area contributed by atoms with Crippen molar-refractivity contribution in [1.82, 2.24) is 9.80 Å². The second-order valence-electron chi connectivity index (χ2n) is 6.84. The van der Waals surface area contributed by atoms with Gasteiger partial charge in [-0.05, 0) is 50.3 Å². The maximum atomic E-state index is 13.1. The Kier molecular flexibility index (Phi) is 5.96. The molecule has 140 valence electrons. The quantitative estimate of drug-likeness (QED) is 0.702. The van der Waals surface area contributed by atoms with Crippen LogP contribution in [0.15, 0.2) is 30.0 Å². The van der Waals surface area contributed by atoms with Crippen molar-refractivity contribution in [3.8, 4) is 5.75 Å². The SMILES string of the molecule is CCCCN1C(=O)C(c2ccc(OCC)cc2)=C(N2CCCCC2)C1=O. The van der Waals surface area contributed by atoms with Crippen molar-refractivity contribution in [3.63, 3.8) is 0 Å². The van der Waals surface area contributed by atoms with Gasteiger partial charge in [0.2, 0.25) is 0 Å². The molecule has 5 nitrogen and oxygen atoms in total. The minimum absolute atomic E-state index is 0.130. The Morgan fingerprint density at radius 3 is 2.27 bits per heavy atom. The first kappa shape index (κ1) is 18.5. The van der Waals surface area contributed by atoms with Gasteiger partial charge in [-0.25, -0.2) is 0 Å². The number of unbranched alkanes of at least 4 members (excludes halogenated alkanes) is 1. The smallest absolute Gasteiger partial charge is 0.277 e. The number of hydrogen-bond donors (Lipinski definition) is 0. The monoisotopic (exact) mass is 356 g/mol. The molecule has 5 heteroatoms. The van der Waals surface area contributed by atoms with Gasteiger partial charge in [0.15, 0.2) is 0 Å². The zero-order valence-corrected chi connectivity index (χ0v) is 15.8. The number of benzene rings is 1. The standard InChI is InChI=1S/C21H28N2O3/c1-3-5-15-23-20(24)18(16-9-11-17(12-10-16)26-4-2)19(21(23)25)22-13-7-6-8-14-22/h9-12H,3-8,13-15H2,1-2H3. The van der Waals surface area contributed by atoms with E-state index in [0.717, 1.165) is 50.1 Å². The molecule has 26 heavy (non-hydrogen) atoms. The van der Waals surface area contributed by atoms with Crippen molar-refractivity contribution in [2.24, 2.45) is 0 Å². The van der Waals surface area contributed by atoms with E-state index in [4.69, 9.17) is 4.74 Å². The summed E-state index contributed by atoms with van der Waals surface area (Å²) in [7, 11) is 0. The minimum atomic E-state index is -0.159. The zero-order chi connectivity index (χ0) is 18.5. The highest BCUT2D eigenvalue weighted by molar-refractivity contribution is 6.35. The highest BCUT2D eigenvalue weighted by atomic mass is 16.5. The number of imide groups is 1. The van der Waals surface area contributed by atoms with Crippen LogP contribution in [-0.2, 0) is 9.59 Å². The van der Waals surface area contributed by atoms with Crippen molar-refractivity contribution in [1.29, 1.82) is 0 Å². The second-order valence-corrected chi connectivity index (χ2v) is 6.84. The third-order valence-corrected chi connectivity index (χ3v) is 5.01. The van der Waals surface area contributed by atoms with Crippen molar-refractivity contribution in [2.75, 3.05) is 26.2 Å². The van der Waals surface area contributed by atoms with Crippen LogP contribution < -0.4 is 4.74 Å². The molecule has 3 rings (SSSR count). The summed E-state index contributed by atoms with van der Waals surface area (Å²) in [4.78, 5) is 29.7. The Bertz CT molecular complexity index is 688. The molecule has 1 aromatic carbocycles. The van der Waals surface area contributed by atoms with Gasteiger partial charge in [-0.15, -0.1) is 0 Å². The van der Waals surface area contributed by atoms with Crippen LogP contribution in [0.4, 0.5) is 0 Å². The van der Waals surface area contributed by atoms with Gasteiger partial charge in [0.1, 0.15) is 11.4 Å².